The lowest BCUT2D eigenvalue weighted by molar-refractivity contribution is 0.102. The second kappa shape index (κ2) is 7.32. The molecule has 0 aliphatic heterocycles. The molecule has 6 heteroatoms. The minimum atomic E-state index is -3.71. The van der Waals surface area contributed by atoms with Crippen molar-refractivity contribution >= 4 is 21.4 Å². The van der Waals surface area contributed by atoms with Gasteiger partial charge < -0.3 is 5.32 Å². The molecule has 0 aliphatic carbocycles. The van der Waals surface area contributed by atoms with Crippen molar-refractivity contribution in [3.8, 4) is 0 Å². The Kier molecular flexibility index (Phi) is 5.10. The maximum Gasteiger partial charge on any atom is 0.257 e. The van der Waals surface area contributed by atoms with Crippen molar-refractivity contribution in [3.05, 3.63) is 83.0 Å². The highest BCUT2D eigenvalue weighted by Crippen LogP contribution is 2.21. The first-order valence-corrected chi connectivity index (χ1v) is 9.92. The van der Waals surface area contributed by atoms with Gasteiger partial charge in [-0.05, 0) is 62.2 Å². The number of benzene rings is 2. The molecule has 0 saturated carbocycles. The molecule has 0 aliphatic rings. The van der Waals surface area contributed by atoms with Crippen molar-refractivity contribution in [3.63, 3.8) is 0 Å². The zero-order valence-electron chi connectivity index (χ0n) is 15.4. The number of pyridine rings is 1. The summed E-state index contributed by atoms with van der Waals surface area (Å²) < 4.78 is 25.3. The van der Waals surface area contributed by atoms with Crippen LogP contribution >= 0.6 is 0 Å². The third kappa shape index (κ3) is 4.06. The van der Waals surface area contributed by atoms with Crippen LogP contribution in [0.4, 0.5) is 5.69 Å². The van der Waals surface area contributed by atoms with E-state index in [0.717, 1.165) is 22.4 Å². The molecule has 138 valence electrons. The monoisotopic (exact) mass is 380 g/mol. The van der Waals surface area contributed by atoms with E-state index in [2.05, 4.69) is 10.3 Å². The van der Waals surface area contributed by atoms with Crippen LogP contribution in [-0.4, -0.2) is 19.3 Å². The van der Waals surface area contributed by atoms with Gasteiger partial charge in [0.25, 0.3) is 5.91 Å². The average Bonchev–Trinajstić information content (AvgIpc) is 2.65. The SMILES string of the molecule is Cc1ccc(S(=O)(=O)c2ccc(C(=O)Nc3cc(C)ccc3C)cn2)cc1. The van der Waals surface area contributed by atoms with Crippen molar-refractivity contribution in [2.75, 3.05) is 5.32 Å². The Morgan fingerprint density at radius 3 is 2.19 bits per heavy atom. The molecule has 0 saturated heterocycles. The van der Waals surface area contributed by atoms with Crippen molar-refractivity contribution < 1.29 is 13.2 Å². The minimum absolute atomic E-state index is 0.0883. The fraction of sp³-hybridized carbons (Fsp3) is 0.143. The number of nitrogens with one attached hydrogen (secondary N) is 1. The molecule has 5 nitrogen and oxygen atoms in total. The fourth-order valence-electron chi connectivity index (χ4n) is 2.58. The number of rotatable bonds is 4. The molecule has 0 bridgehead atoms. The van der Waals surface area contributed by atoms with Gasteiger partial charge in [0.1, 0.15) is 0 Å². The van der Waals surface area contributed by atoms with E-state index in [1.807, 2.05) is 39.0 Å². The van der Waals surface area contributed by atoms with E-state index in [1.165, 1.54) is 18.3 Å². The number of anilines is 1. The third-order valence-electron chi connectivity index (χ3n) is 4.25. The van der Waals surface area contributed by atoms with Crippen LogP contribution in [0.1, 0.15) is 27.0 Å². The molecule has 2 aromatic carbocycles. The number of nitrogens with zero attached hydrogens (tertiary/aromatic N) is 1. The molecule has 0 radical (unpaired) electrons. The molecule has 1 amide bonds. The Labute approximate surface area is 159 Å². The molecule has 1 heterocycles. The molecule has 3 rings (SSSR count). The topological polar surface area (TPSA) is 76.1 Å². The van der Waals surface area contributed by atoms with Gasteiger partial charge in [-0.1, -0.05) is 29.8 Å². The van der Waals surface area contributed by atoms with Crippen molar-refractivity contribution in [2.45, 2.75) is 30.7 Å². The highest BCUT2D eigenvalue weighted by atomic mass is 32.2. The van der Waals surface area contributed by atoms with Crippen LogP contribution in [0.2, 0.25) is 0 Å². The van der Waals surface area contributed by atoms with Gasteiger partial charge >= 0.3 is 0 Å². The molecule has 0 spiro atoms. The summed E-state index contributed by atoms with van der Waals surface area (Å²) in [7, 11) is -3.71. The maximum atomic E-state index is 12.6. The maximum absolute atomic E-state index is 12.6. The van der Waals surface area contributed by atoms with Crippen molar-refractivity contribution in [1.82, 2.24) is 4.98 Å². The fourth-order valence-corrected chi connectivity index (χ4v) is 3.75. The van der Waals surface area contributed by atoms with Crippen LogP contribution in [0, 0.1) is 20.8 Å². The first-order chi connectivity index (χ1) is 12.8. The zero-order chi connectivity index (χ0) is 19.6. The van der Waals surface area contributed by atoms with Crippen LogP contribution in [0.5, 0.6) is 0 Å². The van der Waals surface area contributed by atoms with Gasteiger partial charge in [0.15, 0.2) is 5.03 Å². The van der Waals surface area contributed by atoms with Gasteiger partial charge in [0, 0.05) is 11.9 Å². The smallest absolute Gasteiger partial charge is 0.257 e. The number of aryl methyl sites for hydroxylation is 3. The second-order valence-electron chi connectivity index (χ2n) is 6.47. The standard InChI is InChI=1S/C21H20N2O3S/c1-14-5-9-18(10-6-14)27(25,26)20-11-8-17(13-22-20)21(24)23-19-12-15(2)4-7-16(19)3/h4-13H,1-3H3,(H,23,24). The quantitative estimate of drug-likeness (QED) is 0.740. The minimum Gasteiger partial charge on any atom is -0.322 e. The lowest BCUT2D eigenvalue weighted by Crippen LogP contribution is -2.14. The normalized spacial score (nSPS) is 11.2. The average molecular weight is 380 g/mol. The van der Waals surface area contributed by atoms with Gasteiger partial charge in [-0.15, -0.1) is 0 Å². The van der Waals surface area contributed by atoms with Crippen LogP contribution in [0.3, 0.4) is 0 Å². The molecule has 27 heavy (non-hydrogen) atoms. The van der Waals surface area contributed by atoms with Gasteiger partial charge in [0.05, 0.1) is 10.5 Å². The van der Waals surface area contributed by atoms with Crippen LogP contribution in [0.15, 0.2) is 70.7 Å². The summed E-state index contributed by atoms with van der Waals surface area (Å²) >= 11 is 0. The highest BCUT2D eigenvalue weighted by molar-refractivity contribution is 7.91. The Balaban J connectivity index is 1.83. The summed E-state index contributed by atoms with van der Waals surface area (Å²) in [5, 5.41) is 2.75. The van der Waals surface area contributed by atoms with E-state index >= 15 is 0 Å². The highest BCUT2D eigenvalue weighted by Gasteiger charge is 2.19. The van der Waals surface area contributed by atoms with Gasteiger partial charge in [-0.3, -0.25) is 4.79 Å². The van der Waals surface area contributed by atoms with E-state index in [4.69, 9.17) is 0 Å². The van der Waals surface area contributed by atoms with E-state index in [0.29, 0.717) is 5.56 Å². The number of carbonyl (C=O) groups is 1. The van der Waals surface area contributed by atoms with Gasteiger partial charge in [0.2, 0.25) is 9.84 Å². The number of hydrogen-bond acceptors (Lipinski definition) is 4. The van der Waals surface area contributed by atoms with E-state index in [1.54, 1.807) is 24.3 Å². The summed E-state index contributed by atoms with van der Waals surface area (Å²) in [5.41, 5.74) is 3.96. The first-order valence-electron chi connectivity index (χ1n) is 8.44. The molecule has 0 unspecified atom stereocenters. The number of amides is 1. The summed E-state index contributed by atoms with van der Waals surface area (Å²) in [6, 6.07) is 15.2. The molecule has 3 aromatic rings. The lowest BCUT2D eigenvalue weighted by Gasteiger charge is -2.10. The summed E-state index contributed by atoms with van der Waals surface area (Å²) in [5.74, 6) is -0.338. The summed E-state index contributed by atoms with van der Waals surface area (Å²) in [6.07, 6.45) is 1.28. The number of carbonyl (C=O) groups excluding carboxylic acids is 1. The predicted molar refractivity (Wildman–Crippen MR) is 105 cm³/mol. The van der Waals surface area contributed by atoms with E-state index in [-0.39, 0.29) is 15.8 Å². The second-order valence-corrected chi connectivity index (χ2v) is 8.37. The Morgan fingerprint density at radius 2 is 1.56 bits per heavy atom. The summed E-state index contributed by atoms with van der Waals surface area (Å²) in [4.78, 5) is 16.6. The van der Waals surface area contributed by atoms with Gasteiger partial charge in [-0.25, -0.2) is 13.4 Å². The van der Waals surface area contributed by atoms with Crippen LogP contribution < -0.4 is 5.32 Å². The van der Waals surface area contributed by atoms with Crippen molar-refractivity contribution in [1.29, 1.82) is 0 Å². The van der Waals surface area contributed by atoms with Gasteiger partial charge in [-0.2, -0.15) is 0 Å². The number of sulfone groups is 1. The largest absolute Gasteiger partial charge is 0.322 e. The Hall–Kier alpha value is -2.99. The Morgan fingerprint density at radius 1 is 0.889 bits per heavy atom. The molecular formula is C21H20N2O3S. The Bertz CT molecular complexity index is 1090. The molecule has 0 atom stereocenters. The van der Waals surface area contributed by atoms with Crippen molar-refractivity contribution in [2.24, 2.45) is 0 Å². The number of hydrogen-bond donors (Lipinski definition) is 1. The van der Waals surface area contributed by atoms with E-state index < -0.39 is 9.84 Å². The van der Waals surface area contributed by atoms with E-state index in [9.17, 15) is 13.2 Å². The van der Waals surface area contributed by atoms with Crippen LogP contribution in [-0.2, 0) is 9.84 Å². The molecule has 1 aromatic heterocycles. The molecule has 1 N–H and O–H groups in total. The summed E-state index contributed by atoms with van der Waals surface area (Å²) in [6.45, 7) is 5.74. The van der Waals surface area contributed by atoms with Crippen LogP contribution in [0.25, 0.3) is 0 Å². The third-order valence-corrected chi connectivity index (χ3v) is 5.93. The predicted octanol–water partition coefficient (Wildman–Crippen LogP) is 4.09. The molecule has 0 fully saturated rings. The lowest BCUT2D eigenvalue weighted by atomic mass is 10.1. The molecular weight excluding hydrogens is 360 g/mol. The zero-order valence-corrected chi connectivity index (χ0v) is 16.2. The first kappa shape index (κ1) is 18.8. The number of aromatic nitrogens is 1.